The second kappa shape index (κ2) is 6.77. The van der Waals surface area contributed by atoms with Crippen LogP contribution in [0.15, 0.2) is 47.4 Å². The van der Waals surface area contributed by atoms with Crippen molar-refractivity contribution in [2.45, 2.75) is 17.9 Å². The third-order valence-corrected chi connectivity index (χ3v) is 3.90. The number of halogens is 1. The van der Waals surface area contributed by atoms with Crippen molar-refractivity contribution in [2.24, 2.45) is 0 Å². The number of thioether (sulfide) groups is 1. The molecule has 0 aliphatic rings. The van der Waals surface area contributed by atoms with Crippen LogP contribution in [-0.4, -0.2) is 18.0 Å². The Hall–Kier alpha value is -1.52. The van der Waals surface area contributed by atoms with Gasteiger partial charge in [-0.05, 0) is 35.6 Å². The van der Waals surface area contributed by atoms with Gasteiger partial charge >= 0.3 is 0 Å². The molecule has 0 spiro atoms. The first-order chi connectivity index (χ1) is 9.65. The Balaban J connectivity index is 2.24. The van der Waals surface area contributed by atoms with Gasteiger partial charge in [0.2, 0.25) is 0 Å². The summed E-state index contributed by atoms with van der Waals surface area (Å²) in [5, 5.41) is 10.3. The van der Waals surface area contributed by atoms with Crippen molar-refractivity contribution in [3.63, 3.8) is 0 Å². The van der Waals surface area contributed by atoms with Crippen LogP contribution in [0, 0.1) is 5.82 Å². The lowest BCUT2D eigenvalue weighted by molar-refractivity contribution is 0.214. The van der Waals surface area contributed by atoms with Gasteiger partial charge in [0, 0.05) is 16.5 Å². The Morgan fingerprint density at radius 2 is 1.90 bits per heavy atom. The van der Waals surface area contributed by atoms with Crippen LogP contribution < -0.4 is 4.74 Å². The average molecular weight is 292 g/mol. The van der Waals surface area contributed by atoms with Crippen molar-refractivity contribution in [3.8, 4) is 5.75 Å². The Morgan fingerprint density at radius 3 is 2.45 bits per heavy atom. The number of aliphatic hydroxyl groups excluding tert-OH is 1. The topological polar surface area (TPSA) is 29.5 Å². The molecule has 0 aliphatic heterocycles. The maximum absolute atomic E-state index is 13.9. The molecule has 2 aromatic rings. The number of rotatable bonds is 5. The third kappa shape index (κ3) is 3.32. The minimum atomic E-state index is -0.971. The van der Waals surface area contributed by atoms with Gasteiger partial charge < -0.3 is 9.84 Å². The van der Waals surface area contributed by atoms with E-state index < -0.39 is 11.9 Å². The number of aliphatic hydroxyl groups is 1. The summed E-state index contributed by atoms with van der Waals surface area (Å²) in [6.45, 7) is 2.08. The van der Waals surface area contributed by atoms with Crippen LogP contribution in [0.2, 0.25) is 0 Å². The van der Waals surface area contributed by atoms with E-state index in [1.54, 1.807) is 23.9 Å². The quantitative estimate of drug-likeness (QED) is 0.844. The second-order valence-electron chi connectivity index (χ2n) is 4.29. The summed E-state index contributed by atoms with van der Waals surface area (Å²) in [5.74, 6) is 0.964. The standard InChI is InChI=1S/C16H17FO2S/c1-3-20-13-7-4-11(5-8-13)16(18)14-9-6-12(19-2)10-15(14)17/h4-10,16,18H,3H2,1-2H3. The lowest BCUT2D eigenvalue weighted by Gasteiger charge is -2.13. The predicted octanol–water partition coefficient (Wildman–Crippen LogP) is 4.03. The summed E-state index contributed by atoms with van der Waals surface area (Å²) in [6.07, 6.45) is -0.971. The van der Waals surface area contributed by atoms with Crippen LogP contribution in [-0.2, 0) is 0 Å². The van der Waals surface area contributed by atoms with E-state index in [2.05, 4.69) is 6.92 Å². The molecule has 106 valence electrons. The van der Waals surface area contributed by atoms with E-state index in [1.165, 1.54) is 13.2 Å². The molecular formula is C16H17FO2S. The minimum Gasteiger partial charge on any atom is -0.497 e. The second-order valence-corrected chi connectivity index (χ2v) is 5.63. The predicted molar refractivity (Wildman–Crippen MR) is 79.9 cm³/mol. The maximum Gasteiger partial charge on any atom is 0.133 e. The molecule has 20 heavy (non-hydrogen) atoms. The van der Waals surface area contributed by atoms with Gasteiger partial charge in [-0.25, -0.2) is 4.39 Å². The van der Waals surface area contributed by atoms with Crippen molar-refractivity contribution < 1.29 is 14.2 Å². The van der Waals surface area contributed by atoms with Gasteiger partial charge in [0.25, 0.3) is 0 Å². The summed E-state index contributed by atoms with van der Waals surface area (Å²) in [5.41, 5.74) is 0.927. The largest absolute Gasteiger partial charge is 0.497 e. The third-order valence-electron chi connectivity index (χ3n) is 3.01. The number of ether oxygens (including phenoxy) is 1. The SMILES string of the molecule is CCSc1ccc(C(O)c2ccc(OC)cc2F)cc1. The fourth-order valence-electron chi connectivity index (χ4n) is 1.95. The minimum absolute atomic E-state index is 0.252. The van der Waals surface area contributed by atoms with Gasteiger partial charge in [0.05, 0.1) is 7.11 Å². The summed E-state index contributed by atoms with van der Waals surface area (Å²) in [6, 6.07) is 12.0. The van der Waals surface area contributed by atoms with Gasteiger partial charge in [-0.1, -0.05) is 19.1 Å². The van der Waals surface area contributed by atoms with Crippen molar-refractivity contribution >= 4 is 11.8 Å². The fourth-order valence-corrected chi connectivity index (χ4v) is 2.61. The van der Waals surface area contributed by atoms with Crippen LogP contribution in [0.25, 0.3) is 0 Å². The zero-order valence-corrected chi connectivity index (χ0v) is 12.3. The number of hydrogen-bond acceptors (Lipinski definition) is 3. The molecule has 1 N–H and O–H groups in total. The molecule has 0 aromatic heterocycles. The lowest BCUT2D eigenvalue weighted by atomic mass is 10.0. The molecular weight excluding hydrogens is 275 g/mol. The van der Waals surface area contributed by atoms with E-state index in [-0.39, 0.29) is 5.56 Å². The highest BCUT2D eigenvalue weighted by atomic mass is 32.2. The van der Waals surface area contributed by atoms with Crippen molar-refractivity contribution in [1.82, 2.24) is 0 Å². The Labute approximate surface area is 122 Å². The molecule has 0 saturated heterocycles. The van der Waals surface area contributed by atoms with Crippen LogP contribution in [0.4, 0.5) is 4.39 Å². The van der Waals surface area contributed by atoms with Gasteiger partial charge in [-0.15, -0.1) is 11.8 Å². The molecule has 0 heterocycles. The fraction of sp³-hybridized carbons (Fsp3) is 0.250. The van der Waals surface area contributed by atoms with E-state index in [9.17, 15) is 9.50 Å². The molecule has 4 heteroatoms. The molecule has 0 radical (unpaired) electrons. The van der Waals surface area contributed by atoms with E-state index in [4.69, 9.17) is 4.74 Å². The summed E-state index contributed by atoms with van der Waals surface area (Å²) >= 11 is 1.73. The smallest absolute Gasteiger partial charge is 0.133 e. The van der Waals surface area contributed by atoms with Crippen LogP contribution in [0.5, 0.6) is 5.75 Å². The summed E-state index contributed by atoms with van der Waals surface area (Å²) in [7, 11) is 1.48. The van der Waals surface area contributed by atoms with E-state index in [0.29, 0.717) is 11.3 Å². The van der Waals surface area contributed by atoms with E-state index >= 15 is 0 Å². The Bertz CT molecular complexity index is 569. The first-order valence-corrected chi connectivity index (χ1v) is 7.38. The zero-order chi connectivity index (χ0) is 14.5. The Kier molecular flexibility index (Phi) is 5.04. The monoisotopic (exact) mass is 292 g/mol. The highest BCUT2D eigenvalue weighted by Crippen LogP contribution is 2.28. The average Bonchev–Trinajstić information content (AvgIpc) is 2.47. The van der Waals surface area contributed by atoms with Gasteiger partial charge in [-0.2, -0.15) is 0 Å². The maximum atomic E-state index is 13.9. The van der Waals surface area contributed by atoms with Crippen LogP contribution >= 0.6 is 11.8 Å². The van der Waals surface area contributed by atoms with Crippen LogP contribution in [0.1, 0.15) is 24.2 Å². The van der Waals surface area contributed by atoms with Crippen molar-refractivity contribution in [1.29, 1.82) is 0 Å². The summed E-state index contributed by atoms with van der Waals surface area (Å²) < 4.78 is 18.9. The lowest BCUT2D eigenvalue weighted by Crippen LogP contribution is -2.02. The first-order valence-electron chi connectivity index (χ1n) is 6.40. The molecule has 2 aromatic carbocycles. The molecule has 0 amide bonds. The number of hydrogen-bond donors (Lipinski definition) is 1. The van der Waals surface area contributed by atoms with E-state index in [1.807, 2.05) is 24.3 Å². The molecule has 1 unspecified atom stereocenters. The number of methoxy groups -OCH3 is 1. The molecule has 2 nitrogen and oxygen atoms in total. The Morgan fingerprint density at radius 1 is 1.20 bits per heavy atom. The molecule has 0 fully saturated rings. The van der Waals surface area contributed by atoms with Gasteiger partial charge in [0.15, 0.2) is 0 Å². The molecule has 0 saturated carbocycles. The molecule has 1 atom stereocenters. The van der Waals surface area contributed by atoms with Gasteiger partial charge in [-0.3, -0.25) is 0 Å². The number of benzene rings is 2. The zero-order valence-electron chi connectivity index (χ0n) is 11.5. The highest BCUT2D eigenvalue weighted by Gasteiger charge is 2.15. The van der Waals surface area contributed by atoms with Gasteiger partial charge in [0.1, 0.15) is 17.7 Å². The first kappa shape index (κ1) is 14.9. The van der Waals surface area contributed by atoms with Crippen LogP contribution in [0.3, 0.4) is 0 Å². The molecule has 0 bridgehead atoms. The molecule has 0 aliphatic carbocycles. The summed E-state index contributed by atoms with van der Waals surface area (Å²) in [4.78, 5) is 1.14. The highest BCUT2D eigenvalue weighted by molar-refractivity contribution is 7.99. The normalized spacial score (nSPS) is 12.2. The van der Waals surface area contributed by atoms with Crippen molar-refractivity contribution in [3.05, 3.63) is 59.4 Å². The molecule has 2 rings (SSSR count). The van der Waals surface area contributed by atoms with Crippen molar-refractivity contribution in [2.75, 3.05) is 12.9 Å². The van der Waals surface area contributed by atoms with E-state index in [0.717, 1.165) is 10.6 Å².